The Morgan fingerprint density at radius 1 is 1.33 bits per heavy atom. The van der Waals surface area contributed by atoms with Crippen LogP contribution in [0.15, 0.2) is 42.5 Å². The molecular formula is C15H21NO2. The zero-order valence-corrected chi connectivity index (χ0v) is 11.3. The summed E-state index contributed by atoms with van der Waals surface area (Å²) in [4.78, 5) is 11.2. The molecule has 0 saturated heterocycles. The molecule has 0 aromatic heterocycles. The molecule has 0 atom stereocenters. The topological polar surface area (TPSA) is 38.3 Å². The summed E-state index contributed by atoms with van der Waals surface area (Å²) < 4.78 is 5.03. The van der Waals surface area contributed by atoms with E-state index in [9.17, 15) is 4.79 Å². The Hall–Kier alpha value is -1.61. The standard InChI is InChI=1S/C15H21NO2/c1-12(2)14(17)18-11-10-16-15(3,4)13-8-6-5-7-9-13/h5-9,16H,1,10-11H2,2-4H3. The molecule has 0 unspecified atom stereocenters. The van der Waals surface area contributed by atoms with Gasteiger partial charge in [-0.05, 0) is 26.3 Å². The summed E-state index contributed by atoms with van der Waals surface area (Å²) in [6.45, 7) is 10.3. The Labute approximate surface area is 109 Å². The SMILES string of the molecule is C=C(C)C(=O)OCCNC(C)(C)c1ccccc1. The number of ether oxygens (including phenoxy) is 1. The molecule has 98 valence electrons. The number of carbonyl (C=O) groups is 1. The van der Waals surface area contributed by atoms with Crippen molar-refractivity contribution >= 4 is 5.97 Å². The summed E-state index contributed by atoms with van der Waals surface area (Å²) in [7, 11) is 0. The van der Waals surface area contributed by atoms with Crippen molar-refractivity contribution in [2.45, 2.75) is 26.3 Å². The molecule has 0 amide bonds. The lowest BCUT2D eigenvalue weighted by Gasteiger charge is -2.27. The molecule has 0 radical (unpaired) electrons. The van der Waals surface area contributed by atoms with Crippen molar-refractivity contribution in [3.63, 3.8) is 0 Å². The largest absolute Gasteiger partial charge is 0.461 e. The summed E-state index contributed by atoms with van der Waals surface area (Å²) in [5.41, 5.74) is 1.49. The van der Waals surface area contributed by atoms with E-state index in [1.165, 1.54) is 5.56 Å². The van der Waals surface area contributed by atoms with Gasteiger partial charge in [0.1, 0.15) is 6.61 Å². The highest BCUT2D eigenvalue weighted by molar-refractivity contribution is 5.86. The molecule has 0 aliphatic heterocycles. The first-order valence-electron chi connectivity index (χ1n) is 6.06. The van der Waals surface area contributed by atoms with E-state index in [-0.39, 0.29) is 11.5 Å². The van der Waals surface area contributed by atoms with Crippen molar-refractivity contribution in [2.24, 2.45) is 0 Å². The summed E-state index contributed by atoms with van der Waals surface area (Å²) in [6, 6.07) is 10.2. The Bertz CT molecular complexity index is 410. The molecule has 0 aliphatic rings. The molecule has 3 nitrogen and oxygen atoms in total. The second-order valence-electron chi connectivity index (χ2n) is 4.83. The molecular weight excluding hydrogens is 226 g/mol. The van der Waals surface area contributed by atoms with Crippen LogP contribution >= 0.6 is 0 Å². The second-order valence-corrected chi connectivity index (χ2v) is 4.83. The number of esters is 1. The Balaban J connectivity index is 2.39. The van der Waals surface area contributed by atoms with Gasteiger partial charge < -0.3 is 10.1 Å². The molecule has 18 heavy (non-hydrogen) atoms. The predicted octanol–water partition coefficient (Wildman–Crippen LogP) is 2.63. The van der Waals surface area contributed by atoms with Crippen LogP contribution in [0.2, 0.25) is 0 Å². The van der Waals surface area contributed by atoms with Crippen molar-refractivity contribution < 1.29 is 9.53 Å². The fourth-order valence-electron chi connectivity index (χ4n) is 1.59. The number of benzene rings is 1. The summed E-state index contributed by atoms with van der Waals surface area (Å²) >= 11 is 0. The summed E-state index contributed by atoms with van der Waals surface area (Å²) in [6.07, 6.45) is 0. The van der Waals surface area contributed by atoms with Gasteiger partial charge in [0.2, 0.25) is 0 Å². The highest BCUT2D eigenvalue weighted by atomic mass is 16.5. The highest BCUT2D eigenvalue weighted by Crippen LogP contribution is 2.18. The van der Waals surface area contributed by atoms with E-state index in [2.05, 4.69) is 37.9 Å². The van der Waals surface area contributed by atoms with Crippen LogP contribution in [0, 0.1) is 0 Å². The maximum Gasteiger partial charge on any atom is 0.333 e. The van der Waals surface area contributed by atoms with Crippen LogP contribution in [0.3, 0.4) is 0 Å². The summed E-state index contributed by atoms with van der Waals surface area (Å²) in [5, 5.41) is 3.36. The van der Waals surface area contributed by atoms with Crippen LogP contribution in [0.5, 0.6) is 0 Å². The smallest absolute Gasteiger partial charge is 0.333 e. The fraction of sp³-hybridized carbons (Fsp3) is 0.400. The van der Waals surface area contributed by atoms with Crippen molar-refractivity contribution in [3.8, 4) is 0 Å². The molecule has 1 aromatic rings. The molecule has 0 spiro atoms. The van der Waals surface area contributed by atoms with Crippen LogP contribution in [0.1, 0.15) is 26.3 Å². The minimum absolute atomic E-state index is 0.142. The molecule has 0 saturated carbocycles. The van der Waals surface area contributed by atoms with Gasteiger partial charge in [-0.25, -0.2) is 4.79 Å². The third kappa shape index (κ3) is 4.34. The van der Waals surface area contributed by atoms with Gasteiger partial charge in [0.05, 0.1) is 0 Å². The van der Waals surface area contributed by atoms with Gasteiger partial charge in [0.15, 0.2) is 0 Å². The number of carbonyl (C=O) groups excluding carboxylic acids is 1. The molecule has 1 N–H and O–H groups in total. The van der Waals surface area contributed by atoms with E-state index in [4.69, 9.17) is 4.74 Å². The number of nitrogens with one attached hydrogen (secondary N) is 1. The molecule has 1 aromatic carbocycles. The van der Waals surface area contributed by atoms with Crippen LogP contribution in [0.25, 0.3) is 0 Å². The van der Waals surface area contributed by atoms with Crippen molar-refractivity contribution in [1.29, 1.82) is 0 Å². The number of rotatable bonds is 6. The predicted molar refractivity (Wildman–Crippen MR) is 73.2 cm³/mol. The first-order valence-corrected chi connectivity index (χ1v) is 6.06. The average molecular weight is 247 g/mol. The summed E-state index contributed by atoms with van der Waals surface area (Å²) in [5.74, 6) is -0.339. The molecule has 1 rings (SSSR count). The Morgan fingerprint density at radius 3 is 2.50 bits per heavy atom. The average Bonchev–Trinajstić information content (AvgIpc) is 2.35. The van der Waals surface area contributed by atoms with Crippen molar-refractivity contribution in [1.82, 2.24) is 5.32 Å². The maximum absolute atomic E-state index is 11.2. The third-order valence-electron chi connectivity index (χ3n) is 2.75. The van der Waals surface area contributed by atoms with E-state index in [0.29, 0.717) is 18.7 Å². The molecule has 3 heteroatoms. The monoisotopic (exact) mass is 247 g/mol. The van der Waals surface area contributed by atoms with E-state index in [1.807, 2.05) is 18.2 Å². The van der Waals surface area contributed by atoms with Gasteiger partial charge in [0.25, 0.3) is 0 Å². The van der Waals surface area contributed by atoms with Crippen LogP contribution in [-0.4, -0.2) is 19.1 Å². The zero-order valence-electron chi connectivity index (χ0n) is 11.3. The van der Waals surface area contributed by atoms with Crippen molar-refractivity contribution in [2.75, 3.05) is 13.2 Å². The number of hydrogen-bond acceptors (Lipinski definition) is 3. The van der Waals surface area contributed by atoms with Gasteiger partial charge in [0, 0.05) is 17.7 Å². The second kappa shape index (κ2) is 6.36. The lowest BCUT2D eigenvalue weighted by atomic mass is 9.94. The van der Waals surface area contributed by atoms with Gasteiger partial charge in [-0.1, -0.05) is 36.9 Å². The van der Waals surface area contributed by atoms with E-state index in [0.717, 1.165) is 0 Å². The quantitative estimate of drug-likeness (QED) is 0.477. The Morgan fingerprint density at radius 2 is 1.94 bits per heavy atom. The highest BCUT2D eigenvalue weighted by Gasteiger charge is 2.18. The van der Waals surface area contributed by atoms with Gasteiger partial charge in [-0.15, -0.1) is 0 Å². The van der Waals surface area contributed by atoms with Crippen molar-refractivity contribution in [3.05, 3.63) is 48.0 Å². The van der Waals surface area contributed by atoms with Gasteiger partial charge in [-0.2, -0.15) is 0 Å². The number of hydrogen-bond donors (Lipinski definition) is 1. The normalized spacial score (nSPS) is 11.1. The molecule has 0 aliphatic carbocycles. The Kier molecular flexibility index (Phi) is 5.10. The van der Waals surface area contributed by atoms with Crippen LogP contribution in [0.4, 0.5) is 0 Å². The first-order chi connectivity index (χ1) is 8.43. The van der Waals surface area contributed by atoms with E-state index < -0.39 is 0 Å². The zero-order chi connectivity index (χ0) is 13.6. The van der Waals surface area contributed by atoms with Crippen LogP contribution in [-0.2, 0) is 15.1 Å². The minimum atomic E-state index is -0.339. The molecule has 0 bridgehead atoms. The molecule has 0 heterocycles. The van der Waals surface area contributed by atoms with Crippen LogP contribution < -0.4 is 5.32 Å². The fourth-order valence-corrected chi connectivity index (χ4v) is 1.59. The molecule has 0 fully saturated rings. The maximum atomic E-state index is 11.2. The lowest BCUT2D eigenvalue weighted by molar-refractivity contribution is -0.138. The lowest BCUT2D eigenvalue weighted by Crippen LogP contribution is -2.38. The van der Waals surface area contributed by atoms with E-state index in [1.54, 1.807) is 6.92 Å². The van der Waals surface area contributed by atoms with E-state index >= 15 is 0 Å². The van der Waals surface area contributed by atoms with Gasteiger partial charge >= 0.3 is 5.97 Å². The van der Waals surface area contributed by atoms with Gasteiger partial charge in [-0.3, -0.25) is 0 Å². The first kappa shape index (κ1) is 14.5. The minimum Gasteiger partial charge on any atom is -0.461 e. The third-order valence-corrected chi connectivity index (χ3v) is 2.75.